The van der Waals surface area contributed by atoms with Crippen molar-refractivity contribution in [2.24, 2.45) is 18.4 Å². The number of benzene rings is 1. The van der Waals surface area contributed by atoms with Crippen molar-refractivity contribution in [2.45, 2.75) is 19.3 Å². The zero-order valence-corrected chi connectivity index (χ0v) is 11.1. The number of hydrogen-bond acceptors (Lipinski definition) is 2. The molecule has 4 heteroatoms. The van der Waals surface area contributed by atoms with Gasteiger partial charge < -0.3 is 5.32 Å². The third-order valence-electron chi connectivity index (χ3n) is 4.87. The molecule has 2 aliphatic rings. The highest BCUT2D eigenvalue weighted by atomic mass is 19.1. The van der Waals surface area contributed by atoms with Crippen LogP contribution in [0.3, 0.4) is 0 Å². The Labute approximate surface area is 111 Å². The zero-order chi connectivity index (χ0) is 13.0. The molecule has 2 heterocycles. The van der Waals surface area contributed by atoms with E-state index in [0.29, 0.717) is 16.8 Å². The van der Waals surface area contributed by atoms with Crippen LogP contribution < -0.4 is 5.32 Å². The fourth-order valence-corrected chi connectivity index (χ4v) is 3.81. The van der Waals surface area contributed by atoms with Crippen molar-refractivity contribution in [3.8, 4) is 0 Å². The van der Waals surface area contributed by atoms with Crippen LogP contribution in [0.15, 0.2) is 18.3 Å². The van der Waals surface area contributed by atoms with Crippen LogP contribution in [-0.2, 0) is 13.5 Å². The summed E-state index contributed by atoms with van der Waals surface area (Å²) in [5.74, 6) is 0.576. The molecular weight excluding hydrogens is 241 g/mol. The Hall–Kier alpha value is -1.42. The Morgan fingerprint density at radius 2 is 2.21 bits per heavy atom. The summed E-state index contributed by atoms with van der Waals surface area (Å²) in [6.07, 6.45) is 5.10. The molecule has 1 saturated heterocycles. The standard InChI is InChI=1S/C15H18FN3/c1-19-14-12(7-18-19)3-2-11(13(14)16)4-10-5-15(6-10)8-17-9-15/h2-3,7,10,17H,4-6,8-9H2,1H3. The van der Waals surface area contributed by atoms with E-state index in [1.807, 2.05) is 12.1 Å². The van der Waals surface area contributed by atoms with Crippen molar-refractivity contribution in [1.82, 2.24) is 15.1 Å². The second-order valence-corrected chi connectivity index (χ2v) is 6.33. The molecule has 1 N–H and O–H groups in total. The Morgan fingerprint density at radius 3 is 2.89 bits per heavy atom. The Kier molecular flexibility index (Phi) is 2.28. The molecule has 3 nitrogen and oxygen atoms in total. The average Bonchev–Trinajstić information content (AvgIpc) is 2.66. The number of nitrogens with zero attached hydrogens (tertiary/aromatic N) is 2. The van der Waals surface area contributed by atoms with Crippen molar-refractivity contribution < 1.29 is 4.39 Å². The molecule has 2 aromatic rings. The third-order valence-corrected chi connectivity index (χ3v) is 4.87. The SMILES string of the molecule is Cn1ncc2ccc(CC3CC4(CNC4)C3)c(F)c21. The summed E-state index contributed by atoms with van der Waals surface area (Å²) in [6.45, 7) is 2.32. The maximum atomic E-state index is 14.5. The topological polar surface area (TPSA) is 29.9 Å². The maximum Gasteiger partial charge on any atom is 0.152 e. The summed E-state index contributed by atoms with van der Waals surface area (Å²) in [6, 6.07) is 3.92. The van der Waals surface area contributed by atoms with Gasteiger partial charge >= 0.3 is 0 Å². The van der Waals surface area contributed by atoms with Crippen LogP contribution in [-0.4, -0.2) is 22.9 Å². The fraction of sp³-hybridized carbons (Fsp3) is 0.533. The lowest BCUT2D eigenvalue weighted by Gasteiger charge is -2.54. The number of fused-ring (bicyclic) bond motifs is 1. The smallest absolute Gasteiger partial charge is 0.152 e. The van der Waals surface area contributed by atoms with E-state index in [-0.39, 0.29) is 5.82 Å². The van der Waals surface area contributed by atoms with Crippen molar-refractivity contribution in [1.29, 1.82) is 0 Å². The molecule has 100 valence electrons. The molecule has 4 rings (SSSR count). The molecule has 0 atom stereocenters. The van der Waals surface area contributed by atoms with Gasteiger partial charge in [-0.3, -0.25) is 4.68 Å². The molecule has 0 radical (unpaired) electrons. The van der Waals surface area contributed by atoms with E-state index in [2.05, 4.69) is 10.4 Å². The number of rotatable bonds is 2. The van der Waals surface area contributed by atoms with Crippen LogP contribution in [0.25, 0.3) is 10.9 Å². The van der Waals surface area contributed by atoms with E-state index in [0.717, 1.165) is 30.5 Å². The Balaban J connectivity index is 1.58. The number of aryl methyl sites for hydroxylation is 1. The number of halogens is 1. The molecule has 1 aliphatic carbocycles. The maximum absolute atomic E-state index is 14.5. The van der Waals surface area contributed by atoms with Gasteiger partial charge in [0.05, 0.1) is 6.20 Å². The number of hydrogen-bond donors (Lipinski definition) is 1. The predicted octanol–water partition coefficient (Wildman–Crippen LogP) is 2.25. The van der Waals surface area contributed by atoms with Crippen LogP contribution in [0.5, 0.6) is 0 Å². The van der Waals surface area contributed by atoms with E-state index in [9.17, 15) is 4.39 Å². The first-order valence-corrected chi connectivity index (χ1v) is 6.97. The van der Waals surface area contributed by atoms with Gasteiger partial charge in [-0.1, -0.05) is 12.1 Å². The van der Waals surface area contributed by atoms with Gasteiger partial charge in [0, 0.05) is 25.5 Å². The molecule has 19 heavy (non-hydrogen) atoms. The lowest BCUT2D eigenvalue weighted by molar-refractivity contribution is 0.000583. The van der Waals surface area contributed by atoms with Gasteiger partial charge in [-0.05, 0) is 36.2 Å². The lowest BCUT2D eigenvalue weighted by atomic mass is 9.57. The quantitative estimate of drug-likeness (QED) is 0.896. The minimum atomic E-state index is -0.0785. The highest BCUT2D eigenvalue weighted by Gasteiger charge is 2.48. The summed E-state index contributed by atoms with van der Waals surface area (Å²) in [5.41, 5.74) is 2.05. The van der Waals surface area contributed by atoms with Crippen molar-refractivity contribution >= 4 is 10.9 Å². The summed E-state index contributed by atoms with van der Waals surface area (Å²) < 4.78 is 16.1. The summed E-state index contributed by atoms with van der Waals surface area (Å²) in [4.78, 5) is 0. The molecular formula is C15H18FN3. The van der Waals surface area contributed by atoms with Crippen LogP contribution >= 0.6 is 0 Å². The summed E-state index contributed by atoms with van der Waals surface area (Å²) >= 11 is 0. The molecule has 1 aromatic carbocycles. The van der Waals surface area contributed by atoms with Gasteiger partial charge in [0.2, 0.25) is 0 Å². The van der Waals surface area contributed by atoms with Gasteiger partial charge in [-0.25, -0.2) is 4.39 Å². The van der Waals surface area contributed by atoms with Gasteiger partial charge in [0.25, 0.3) is 0 Å². The van der Waals surface area contributed by atoms with Crippen LogP contribution in [0.4, 0.5) is 4.39 Å². The monoisotopic (exact) mass is 259 g/mol. The molecule has 0 bridgehead atoms. The van der Waals surface area contributed by atoms with Crippen molar-refractivity contribution in [2.75, 3.05) is 13.1 Å². The van der Waals surface area contributed by atoms with Gasteiger partial charge in [0.1, 0.15) is 5.52 Å². The minimum absolute atomic E-state index is 0.0785. The first-order valence-electron chi connectivity index (χ1n) is 6.97. The van der Waals surface area contributed by atoms with Crippen molar-refractivity contribution in [3.63, 3.8) is 0 Å². The average molecular weight is 259 g/mol. The number of aromatic nitrogens is 2. The summed E-state index contributed by atoms with van der Waals surface area (Å²) in [7, 11) is 1.80. The zero-order valence-electron chi connectivity index (χ0n) is 11.1. The largest absolute Gasteiger partial charge is 0.316 e. The van der Waals surface area contributed by atoms with Gasteiger partial charge in [0.15, 0.2) is 5.82 Å². The summed E-state index contributed by atoms with van der Waals surface area (Å²) in [5, 5.41) is 8.35. The predicted molar refractivity (Wildman–Crippen MR) is 72.4 cm³/mol. The molecule has 1 saturated carbocycles. The van der Waals surface area contributed by atoms with E-state index < -0.39 is 0 Å². The van der Waals surface area contributed by atoms with Crippen LogP contribution in [0.1, 0.15) is 18.4 Å². The van der Waals surface area contributed by atoms with Crippen molar-refractivity contribution in [3.05, 3.63) is 29.7 Å². The number of nitrogens with one attached hydrogen (secondary N) is 1. The van der Waals surface area contributed by atoms with Crippen LogP contribution in [0.2, 0.25) is 0 Å². The van der Waals surface area contributed by atoms with E-state index >= 15 is 0 Å². The van der Waals surface area contributed by atoms with E-state index in [4.69, 9.17) is 0 Å². The van der Waals surface area contributed by atoms with E-state index in [1.165, 1.54) is 12.8 Å². The third kappa shape index (κ3) is 1.62. The molecule has 1 aromatic heterocycles. The lowest BCUT2D eigenvalue weighted by Crippen LogP contribution is -2.60. The second-order valence-electron chi connectivity index (χ2n) is 6.33. The molecule has 2 fully saturated rings. The molecule has 1 aliphatic heterocycles. The molecule has 1 spiro atoms. The van der Waals surface area contributed by atoms with Gasteiger partial charge in [-0.2, -0.15) is 5.10 Å². The minimum Gasteiger partial charge on any atom is -0.316 e. The normalized spacial score (nSPS) is 21.6. The first-order chi connectivity index (χ1) is 9.17. The highest BCUT2D eigenvalue weighted by Crippen LogP contribution is 2.49. The first kappa shape index (κ1) is 11.4. The molecule has 0 amide bonds. The van der Waals surface area contributed by atoms with Gasteiger partial charge in [-0.15, -0.1) is 0 Å². The second kappa shape index (κ2) is 3.79. The highest BCUT2D eigenvalue weighted by molar-refractivity contribution is 5.80. The Morgan fingerprint density at radius 1 is 1.42 bits per heavy atom. The fourth-order valence-electron chi connectivity index (χ4n) is 3.81. The molecule has 0 unspecified atom stereocenters. The van der Waals surface area contributed by atoms with Crippen LogP contribution in [0, 0.1) is 17.2 Å². The van der Waals surface area contributed by atoms with E-state index in [1.54, 1.807) is 17.9 Å². The Bertz CT molecular complexity index is 634.